The molecule has 4 aromatic rings. The lowest BCUT2D eigenvalue weighted by Gasteiger charge is -2.08. The summed E-state index contributed by atoms with van der Waals surface area (Å²) < 4.78 is 5.40. The molecule has 2 heterocycles. The normalized spacial score (nSPS) is 10.6. The Labute approximate surface area is 148 Å². The lowest BCUT2D eigenvalue weighted by atomic mass is 10.2. The molecular formula is C18H12ClN5O. The zero-order valence-corrected chi connectivity index (χ0v) is 13.7. The van der Waals surface area contributed by atoms with Crippen LogP contribution in [0.15, 0.2) is 71.6 Å². The zero-order valence-electron chi connectivity index (χ0n) is 12.9. The number of benzene rings is 2. The largest absolute Gasteiger partial charge is 0.339 e. The van der Waals surface area contributed by atoms with E-state index in [1.54, 1.807) is 18.3 Å². The van der Waals surface area contributed by atoms with Crippen LogP contribution in [0.5, 0.6) is 0 Å². The molecule has 25 heavy (non-hydrogen) atoms. The van der Waals surface area contributed by atoms with Gasteiger partial charge in [-0.1, -0.05) is 53.2 Å². The highest BCUT2D eigenvalue weighted by atomic mass is 35.5. The van der Waals surface area contributed by atoms with Crippen LogP contribution in [0.3, 0.4) is 0 Å². The third-order valence-corrected chi connectivity index (χ3v) is 3.72. The highest BCUT2D eigenvalue weighted by Crippen LogP contribution is 2.28. The molecule has 7 heteroatoms. The van der Waals surface area contributed by atoms with E-state index in [0.717, 1.165) is 11.3 Å². The van der Waals surface area contributed by atoms with Gasteiger partial charge in [0.2, 0.25) is 5.82 Å². The van der Waals surface area contributed by atoms with Crippen LogP contribution in [-0.2, 0) is 0 Å². The summed E-state index contributed by atoms with van der Waals surface area (Å²) in [5.74, 6) is 1.40. The molecule has 0 bridgehead atoms. The van der Waals surface area contributed by atoms with Gasteiger partial charge in [-0.2, -0.15) is 4.98 Å². The molecule has 0 amide bonds. The summed E-state index contributed by atoms with van der Waals surface area (Å²) in [6.45, 7) is 0. The fraction of sp³-hybridized carbons (Fsp3) is 0. The van der Waals surface area contributed by atoms with Crippen LogP contribution in [-0.4, -0.2) is 20.1 Å². The molecule has 0 radical (unpaired) electrons. The van der Waals surface area contributed by atoms with Gasteiger partial charge in [0, 0.05) is 22.5 Å². The minimum Gasteiger partial charge on any atom is -0.339 e. The number of nitrogens with zero attached hydrogens (tertiary/aromatic N) is 4. The Morgan fingerprint density at radius 3 is 2.72 bits per heavy atom. The summed E-state index contributed by atoms with van der Waals surface area (Å²) in [5, 5.41) is 7.86. The third kappa shape index (κ3) is 3.34. The van der Waals surface area contributed by atoms with E-state index in [4.69, 9.17) is 16.1 Å². The maximum absolute atomic E-state index is 6.03. The molecule has 4 rings (SSSR count). The third-order valence-electron chi connectivity index (χ3n) is 3.49. The van der Waals surface area contributed by atoms with E-state index >= 15 is 0 Å². The predicted molar refractivity (Wildman–Crippen MR) is 95.5 cm³/mol. The molecule has 2 aromatic heterocycles. The van der Waals surface area contributed by atoms with Crippen molar-refractivity contribution in [1.82, 2.24) is 20.1 Å². The molecule has 0 unspecified atom stereocenters. The topological polar surface area (TPSA) is 76.7 Å². The van der Waals surface area contributed by atoms with Crippen molar-refractivity contribution >= 4 is 23.1 Å². The van der Waals surface area contributed by atoms with Crippen LogP contribution in [0.2, 0.25) is 5.02 Å². The van der Waals surface area contributed by atoms with E-state index < -0.39 is 0 Å². The van der Waals surface area contributed by atoms with Crippen molar-refractivity contribution in [2.45, 2.75) is 0 Å². The Hall–Kier alpha value is -3.25. The minimum absolute atomic E-state index is 0.337. The van der Waals surface area contributed by atoms with Gasteiger partial charge in [0.05, 0.1) is 0 Å². The summed E-state index contributed by atoms with van der Waals surface area (Å²) in [6, 6.07) is 17.0. The van der Waals surface area contributed by atoms with Crippen molar-refractivity contribution in [3.63, 3.8) is 0 Å². The second-order valence-corrected chi connectivity index (χ2v) is 5.65. The molecule has 2 aromatic carbocycles. The zero-order chi connectivity index (χ0) is 17.1. The van der Waals surface area contributed by atoms with Crippen molar-refractivity contribution < 1.29 is 4.52 Å². The first kappa shape index (κ1) is 15.3. The highest BCUT2D eigenvalue weighted by Gasteiger charge is 2.15. The summed E-state index contributed by atoms with van der Waals surface area (Å²) in [5.41, 5.74) is 2.28. The second kappa shape index (κ2) is 6.70. The number of hydrogen-bond donors (Lipinski definition) is 1. The SMILES string of the molecule is Clc1cccc(Nc2ncncc2-c2nc(-c3ccccc3)no2)c1. The average molecular weight is 350 g/mol. The molecule has 122 valence electrons. The van der Waals surface area contributed by atoms with Crippen LogP contribution in [0.25, 0.3) is 22.8 Å². The Morgan fingerprint density at radius 2 is 1.88 bits per heavy atom. The Kier molecular flexibility index (Phi) is 4.10. The van der Waals surface area contributed by atoms with E-state index in [1.807, 2.05) is 42.5 Å². The summed E-state index contributed by atoms with van der Waals surface area (Å²) in [6.07, 6.45) is 3.08. The Bertz CT molecular complexity index is 1000. The number of nitrogens with one attached hydrogen (secondary N) is 1. The van der Waals surface area contributed by atoms with Gasteiger partial charge in [0.1, 0.15) is 17.7 Å². The first-order chi connectivity index (χ1) is 12.3. The molecule has 0 atom stereocenters. The van der Waals surface area contributed by atoms with Gasteiger partial charge in [-0.3, -0.25) is 0 Å². The number of anilines is 2. The van der Waals surface area contributed by atoms with Crippen LogP contribution < -0.4 is 5.32 Å². The summed E-state index contributed by atoms with van der Waals surface area (Å²) >= 11 is 6.03. The van der Waals surface area contributed by atoms with E-state index in [0.29, 0.717) is 28.1 Å². The van der Waals surface area contributed by atoms with Gasteiger partial charge >= 0.3 is 0 Å². The molecule has 6 nitrogen and oxygen atoms in total. The van der Waals surface area contributed by atoms with Crippen molar-refractivity contribution in [3.8, 4) is 22.8 Å². The summed E-state index contributed by atoms with van der Waals surface area (Å²) in [4.78, 5) is 12.8. The first-order valence-electron chi connectivity index (χ1n) is 7.52. The van der Waals surface area contributed by atoms with Crippen LogP contribution in [0, 0.1) is 0 Å². The van der Waals surface area contributed by atoms with Crippen molar-refractivity contribution in [1.29, 1.82) is 0 Å². The van der Waals surface area contributed by atoms with Gasteiger partial charge in [-0.05, 0) is 18.2 Å². The molecule has 0 saturated carbocycles. The number of halogens is 1. The fourth-order valence-corrected chi connectivity index (χ4v) is 2.52. The molecular weight excluding hydrogens is 338 g/mol. The molecule has 0 aliphatic heterocycles. The second-order valence-electron chi connectivity index (χ2n) is 5.21. The minimum atomic E-state index is 0.337. The van der Waals surface area contributed by atoms with Crippen LogP contribution in [0.1, 0.15) is 0 Å². The van der Waals surface area contributed by atoms with Crippen molar-refractivity contribution in [2.75, 3.05) is 5.32 Å². The quantitative estimate of drug-likeness (QED) is 0.580. The van der Waals surface area contributed by atoms with Crippen LogP contribution in [0.4, 0.5) is 11.5 Å². The smallest absolute Gasteiger partial charge is 0.263 e. The standard InChI is InChI=1S/C18H12ClN5O/c19-13-7-4-8-14(9-13)22-17-15(10-20-11-21-17)18-23-16(24-25-18)12-5-2-1-3-6-12/h1-11H,(H,20,21,22). The molecule has 1 N–H and O–H groups in total. The highest BCUT2D eigenvalue weighted by molar-refractivity contribution is 6.30. The Morgan fingerprint density at radius 1 is 1.00 bits per heavy atom. The maximum Gasteiger partial charge on any atom is 0.263 e. The predicted octanol–water partition coefficient (Wildman–Crippen LogP) is 4.59. The number of hydrogen-bond acceptors (Lipinski definition) is 6. The van der Waals surface area contributed by atoms with E-state index in [1.165, 1.54) is 6.33 Å². The van der Waals surface area contributed by atoms with Crippen molar-refractivity contribution in [3.05, 3.63) is 72.1 Å². The number of rotatable bonds is 4. The molecule has 0 spiro atoms. The summed E-state index contributed by atoms with van der Waals surface area (Å²) in [7, 11) is 0. The molecule has 0 aliphatic carbocycles. The molecule has 0 saturated heterocycles. The maximum atomic E-state index is 6.03. The van der Waals surface area contributed by atoms with E-state index in [2.05, 4.69) is 25.4 Å². The average Bonchev–Trinajstić information content (AvgIpc) is 3.13. The molecule has 0 fully saturated rings. The monoisotopic (exact) mass is 349 g/mol. The number of aromatic nitrogens is 4. The van der Waals surface area contributed by atoms with E-state index in [-0.39, 0.29) is 0 Å². The van der Waals surface area contributed by atoms with Gasteiger partial charge < -0.3 is 9.84 Å². The Balaban J connectivity index is 1.69. The fourth-order valence-electron chi connectivity index (χ4n) is 2.33. The van der Waals surface area contributed by atoms with E-state index in [9.17, 15) is 0 Å². The van der Waals surface area contributed by atoms with Gasteiger partial charge in [-0.15, -0.1) is 0 Å². The van der Waals surface area contributed by atoms with Gasteiger partial charge in [0.15, 0.2) is 0 Å². The van der Waals surface area contributed by atoms with Gasteiger partial charge in [0.25, 0.3) is 5.89 Å². The van der Waals surface area contributed by atoms with Gasteiger partial charge in [-0.25, -0.2) is 9.97 Å². The lowest BCUT2D eigenvalue weighted by molar-refractivity contribution is 0.432. The molecule has 0 aliphatic rings. The lowest BCUT2D eigenvalue weighted by Crippen LogP contribution is -1.97. The van der Waals surface area contributed by atoms with Crippen LogP contribution >= 0.6 is 11.6 Å². The first-order valence-corrected chi connectivity index (χ1v) is 7.89. The van der Waals surface area contributed by atoms with Crippen molar-refractivity contribution in [2.24, 2.45) is 0 Å².